The number of hydrogen-bond acceptors (Lipinski definition) is 6. The quantitative estimate of drug-likeness (QED) is 0.806. The van der Waals surface area contributed by atoms with Gasteiger partial charge in [-0.3, -0.25) is 4.79 Å². The van der Waals surface area contributed by atoms with Gasteiger partial charge in [-0.05, 0) is 31.1 Å². The van der Waals surface area contributed by atoms with Crippen molar-refractivity contribution in [3.63, 3.8) is 0 Å². The van der Waals surface area contributed by atoms with Gasteiger partial charge in [0.2, 0.25) is 15.4 Å². The molecule has 2 fully saturated rings. The first-order chi connectivity index (χ1) is 9.44. The maximum absolute atomic E-state index is 12.2. The van der Waals surface area contributed by atoms with Crippen LogP contribution in [0.15, 0.2) is 4.34 Å². The van der Waals surface area contributed by atoms with Crippen molar-refractivity contribution in [2.24, 2.45) is 11.8 Å². The van der Waals surface area contributed by atoms with E-state index in [1.807, 2.05) is 0 Å². The molecule has 1 aromatic heterocycles. The number of amides is 1. The first kappa shape index (κ1) is 13.9. The van der Waals surface area contributed by atoms with Crippen molar-refractivity contribution in [1.82, 2.24) is 14.9 Å². The van der Waals surface area contributed by atoms with Crippen LogP contribution in [-0.2, 0) is 14.8 Å². The van der Waals surface area contributed by atoms with Gasteiger partial charge in [-0.25, -0.2) is 13.1 Å². The molecule has 3 rings (SSSR count). The maximum atomic E-state index is 12.2. The van der Waals surface area contributed by atoms with E-state index in [-0.39, 0.29) is 21.4 Å². The van der Waals surface area contributed by atoms with E-state index in [4.69, 9.17) is 0 Å². The highest BCUT2D eigenvalue weighted by Gasteiger charge is 2.41. The van der Waals surface area contributed by atoms with Gasteiger partial charge >= 0.3 is 0 Å². The molecule has 20 heavy (non-hydrogen) atoms. The molecular formula is C11H16N4O3S2. The van der Waals surface area contributed by atoms with Gasteiger partial charge in [-0.2, -0.15) is 0 Å². The monoisotopic (exact) mass is 316 g/mol. The third-order valence-electron chi connectivity index (χ3n) is 3.96. The normalized spacial score (nSPS) is 28.8. The van der Waals surface area contributed by atoms with Crippen LogP contribution in [-0.4, -0.2) is 30.6 Å². The van der Waals surface area contributed by atoms with E-state index in [1.165, 1.54) is 13.3 Å². The van der Waals surface area contributed by atoms with Crippen molar-refractivity contribution < 1.29 is 13.2 Å². The SMILES string of the molecule is CC(=O)Nc1nnc(S(=O)(=O)N[C@@H]2C[C@H]3CC[C@@H]2C3)s1. The number of carbonyl (C=O) groups excluding carboxylic acids is 1. The second-order valence-corrected chi connectivity index (χ2v) is 8.32. The van der Waals surface area contributed by atoms with Crippen LogP contribution >= 0.6 is 11.3 Å². The van der Waals surface area contributed by atoms with E-state index >= 15 is 0 Å². The van der Waals surface area contributed by atoms with Gasteiger partial charge in [-0.1, -0.05) is 17.8 Å². The Morgan fingerprint density at radius 2 is 2.10 bits per heavy atom. The summed E-state index contributed by atoms with van der Waals surface area (Å²) in [6.07, 6.45) is 4.36. The second-order valence-electron chi connectivity index (χ2n) is 5.46. The van der Waals surface area contributed by atoms with Crippen molar-refractivity contribution in [3.05, 3.63) is 0 Å². The number of hydrogen-bond donors (Lipinski definition) is 2. The van der Waals surface area contributed by atoms with Gasteiger partial charge < -0.3 is 5.32 Å². The summed E-state index contributed by atoms with van der Waals surface area (Å²) in [5, 5.41) is 9.94. The molecule has 0 saturated heterocycles. The van der Waals surface area contributed by atoms with Gasteiger partial charge in [0.05, 0.1) is 0 Å². The molecule has 0 radical (unpaired) electrons. The van der Waals surface area contributed by atoms with Crippen LogP contribution in [0, 0.1) is 11.8 Å². The lowest BCUT2D eigenvalue weighted by Gasteiger charge is -2.21. The largest absolute Gasteiger partial charge is 0.301 e. The summed E-state index contributed by atoms with van der Waals surface area (Å²) in [5.74, 6) is 0.820. The van der Waals surface area contributed by atoms with E-state index < -0.39 is 10.0 Å². The molecule has 0 aromatic carbocycles. The first-order valence-corrected chi connectivity index (χ1v) is 8.87. The molecule has 2 aliphatic carbocycles. The minimum Gasteiger partial charge on any atom is -0.301 e. The van der Waals surface area contributed by atoms with E-state index in [9.17, 15) is 13.2 Å². The molecule has 0 aliphatic heterocycles. The van der Waals surface area contributed by atoms with E-state index in [1.54, 1.807) is 0 Å². The van der Waals surface area contributed by atoms with Gasteiger partial charge in [0.15, 0.2) is 0 Å². The van der Waals surface area contributed by atoms with Crippen molar-refractivity contribution in [3.8, 4) is 0 Å². The number of carbonyl (C=O) groups is 1. The van der Waals surface area contributed by atoms with Crippen LogP contribution in [0.2, 0.25) is 0 Å². The smallest absolute Gasteiger partial charge is 0.270 e. The Balaban J connectivity index is 1.71. The lowest BCUT2D eigenvalue weighted by molar-refractivity contribution is -0.114. The molecule has 2 bridgehead atoms. The predicted molar refractivity (Wildman–Crippen MR) is 73.8 cm³/mol. The molecule has 0 spiro atoms. The Morgan fingerprint density at radius 3 is 2.70 bits per heavy atom. The van der Waals surface area contributed by atoms with Gasteiger partial charge in [0.25, 0.3) is 10.0 Å². The number of sulfonamides is 1. The predicted octanol–water partition coefficient (Wildman–Crippen LogP) is 0.963. The Morgan fingerprint density at radius 1 is 1.30 bits per heavy atom. The van der Waals surface area contributed by atoms with E-state index in [0.29, 0.717) is 11.8 Å². The summed E-state index contributed by atoms with van der Waals surface area (Å²) in [6, 6.07) is 0.0202. The van der Waals surface area contributed by atoms with Crippen LogP contribution in [0.25, 0.3) is 0 Å². The molecule has 1 aromatic rings. The summed E-state index contributed by atoms with van der Waals surface area (Å²) in [7, 11) is -3.64. The summed E-state index contributed by atoms with van der Waals surface area (Å²) >= 11 is 0.867. The Kier molecular flexibility index (Phi) is 3.51. The number of fused-ring (bicyclic) bond motifs is 2. The fraction of sp³-hybridized carbons (Fsp3) is 0.727. The zero-order valence-corrected chi connectivity index (χ0v) is 12.6. The van der Waals surface area contributed by atoms with Crippen LogP contribution in [0.3, 0.4) is 0 Å². The highest BCUT2D eigenvalue weighted by molar-refractivity contribution is 7.91. The molecule has 110 valence electrons. The van der Waals surface area contributed by atoms with E-state index in [0.717, 1.165) is 30.6 Å². The van der Waals surface area contributed by atoms with E-state index in [2.05, 4.69) is 20.2 Å². The highest BCUT2D eigenvalue weighted by Crippen LogP contribution is 2.44. The number of anilines is 1. The third-order valence-corrected chi connectivity index (χ3v) is 6.66. The molecule has 1 heterocycles. The molecule has 2 N–H and O–H groups in total. The van der Waals surface area contributed by atoms with Crippen LogP contribution in [0.4, 0.5) is 5.13 Å². The topological polar surface area (TPSA) is 101 Å². The molecule has 7 nitrogen and oxygen atoms in total. The molecule has 0 unspecified atom stereocenters. The number of rotatable bonds is 4. The van der Waals surface area contributed by atoms with Crippen molar-refractivity contribution in [2.45, 2.75) is 43.0 Å². The third kappa shape index (κ3) is 2.70. The number of aromatic nitrogens is 2. The van der Waals surface area contributed by atoms with Gasteiger partial charge in [-0.15, -0.1) is 10.2 Å². The molecular weight excluding hydrogens is 300 g/mol. The summed E-state index contributed by atoms with van der Waals surface area (Å²) in [6.45, 7) is 1.34. The first-order valence-electron chi connectivity index (χ1n) is 6.57. The lowest BCUT2D eigenvalue weighted by atomic mass is 9.96. The van der Waals surface area contributed by atoms with Crippen LogP contribution in [0.1, 0.15) is 32.6 Å². The maximum Gasteiger partial charge on any atom is 0.270 e. The summed E-state index contributed by atoms with van der Waals surface area (Å²) in [5.41, 5.74) is 0. The second kappa shape index (κ2) is 5.05. The zero-order chi connectivity index (χ0) is 14.3. The molecule has 9 heteroatoms. The Bertz CT molecular complexity index is 627. The van der Waals surface area contributed by atoms with Crippen LogP contribution < -0.4 is 10.0 Å². The van der Waals surface area contributed by atoms with Gasteiger partial charge in [0.1, 0.15) is 0 Å². The van der Waals surface area contributed by atoms with Crippen molar-refractivity contribution in [2.75, 3.05) is 5.32 Å². The summed E-state index contributed by atoms with van der Waals surface area (Å²) in [4.78, 5) is 10.9. The molecule has 2 saturated carbocycles. The fourth-order valence-corrected chi connectivity index (χ4v) is 5.44. The summed E-state index contributed by atoms with van der Waals surface area (Å²) < 4.78 is 27.1. The Labute approximate surface area is 121 Å². The van der Waals surface area contributed by atoms with Gasteiger partial charge in [0, 0.05) is 13.0 Å². The minimum atomic E-state index is -3.64. The van der Waals surface area contributed by atoms with Crippen LogP contribution in [0.5, 0.6) is 0 Å². The lowest BCUT2D eigenvalue weighted by Crippen LogP contribution is -2.38. The minimum absolute atomic E-state index is 0.0202. The van der Waals surface area contributed by atoms with Crippen molar-refractivity contribution in [1.29, 1.82) is 0 Å². The Hall–Kier alpha value is -1.06. The number of nitrogens with one attached hydrogen (secondary N) is 2. The fourth-order valence-electron chi connectivity index (χ4n) is 3.16. The molecule has 1 amide bonds. The number of nitrogens with zero attached hydrogens (tertiary/aromatic N) is 2. The average molecular weight is 316 g/mol. The van der Waals surface area contributed by atoms with Crippen molar-refractivity contribution >= 4 is 32.4 Å². The molecule has 2 aliphatic rings. The average Bonchev–Trinajstić information content (AvgIpc) is 3.02. The molecule has 3 atom stereocenters. The standard InChI is InChI=1S/C11H16N4O3S2/c1-6(16)12-10-13-14-11(19-10)20(17,18)15-9-5-7-2-3-8(9)4-7/h7-9,15H,2-5H2,1H3,(H,12,13,16)/t7-,8+,9+/m0/s1. The highest BCUT2D eigenvalue weighted by atomic mass is 32.2. The zero-order valence-electron chi connectivity index (χ0n) is 11.0.